The molecule has 2 rings (SSSR count). The number of halogens is 1. The van der Waals surface area contributed by atoms with Crippen LogP contribution in [-0.2, 0) is 11.3 Å². The molecule has 0 aliphatic carbocycles. The molecule has 1 aliphatic heterocycles. The fraction of sp³-hybridized carbons (Fsp3) is 0.538. The third-order valence-corrected chi connectivity index (χ3v) is 2.98. The Kier molecular flexibility index (Phi) is 5.72. The van der Waals surface area contributed by atoms with Crippen LogP contribution in [0.15, 0.2) is 18.3 Å². The van der Waals surface area contributed by atoms with Gasteiger partial charge in [-0.3, -0.25) is 9.78 Å². The molecule has 1 aliphatic rings. The third-order valence-electron chi connectivity index (χ3n) is 2.98. The number of nitrogens with zero attached hydrogens (tertiary/aromatic N) is 2. The summed E-state index contributed by atoms with van der Waals surface area (Å²) in [7, 11) is 0. The average Bonchev–Trinajstić information content (AvgIpc) is 2.37. The van der Waals surface area contributed by atoms with Gasteiger partial charge in [0, 0.05) is 31.4 Å². The van der Waals surface area contributed by atoms with Gasteiger partial charge in [0.05, 0.1) is 17.9 Å². The van der Waals surface area contributed by atoms with E-state index in [9.17, 15) is 4.79 Å². The van der Waals surface area contributed by atoms with E-state index in [1.165, 1.54) is 0 Å². The molecule has 1 saturated heterocycles. The van der Waals surface area contributed by atoms with Gasteiger partial charge in [0.2, 0.25) is 0 Å². The van der Waals surface area contributed by atoms with Crippen molar-refractivity contribution in [1.29, 1.82) is 0 Å². The van der Waals surface area contributed by atoms with Gasteiger partial charge in [0.15, 0.2) is 0 Å². The van der Waals surface area contributed by atoms with E-state index in [1.54, 1.807) is 18.3 Å². The fourth-order valence-corrected chi connectivity index (χ4v) is 2.25. The number of aromatic nitrogens is 1. The Balaban J connectivity index is 0.00000180. The number of amides is 1. The van der Waals surface area contributed by atoms with Gasteiger partial charge in [0.1, 0.15) is 0 Å². The van der Waals surface area contributed by atoms with Crippen LogP contribution in [-0.4, -0.2) is 41.1 Å². The van der Waals surface area contributed by atoms with Crippen LogP contribution in [0.25, 0.3) is 0 Å². The van der Waals surface area contributed by atoms with Crippen LogP contribution in [0, 0.1) is 0 Å². The molecule has 2 N–H and O–H groups in total. The monoisotopic (exact) mass is 285 g/mol. The van der Waals surface area contributed by atoms with Gasteiger partial charge in [-0.25, -0.2) is 0 Å². The molecule has 1 fully saturated rings. The van der Waals surface area contributed by atoms with Crippen molar-refractivity contribution in [3.8, 4) is 0 Å². The summed E-state index contributed by atoms with van der Waals surface area (Å²) in [6, 6.07) is 3.49. The molecule has 5 nitrogen and oxygen atoms in total. The van der Waals surface area contributed by atoms with Crippen LogP contribution >= 0.6 is 12.4 Å². The lowest BCUT2D eigenvalue weighted by molar-refractivity contribution is -0.0586. The van der Waals surface area contributed by atoms with Crippen molar-refractivity contribution in [2.24, 2.45) is 5.73 Å². The van der Waals surface area contributed by atoms with E-state index in [0.29, 0.717) is 25.2 Å². The highest BCUT2D eigenvalue weighted by atomic mass is 35.5. The Labute approximate surface area is 119 Å². The molecule has 0 bridgehead atoms. The molecule has 2 heterocycles. The third kappa shape index (κ3) is 3.89. The minimum atomic E-state index is 0. The maximum atomic E-state index is 12.4. The van der Waals surface area contributed by atoms with Gasteiger partial charge >= 0.3 is 0 Å². The van der Waals surface area contributed by atoms with Crippen LogP contribution in [0.5, 0.6) is 0 Å². The maximum absolute atomic E-state index is 12.4. The second-order valence-corrected chi connectivity index (χ2v) is 4.71. The molecule has 0 unspecified atom stereocenters. The van der Waals surface area contributed by atoms with E-state index in [0.717, 1.165) is 5.69 Å². The van der Waals surface area contributed by atoms with E-state index in [2.05, 4.69) is 4.98 Å². The minimum absolute atomic E-state index is 0. The summed E-state index contributed by atoms with van der Waals surface area (Å²) in [6.45, 7) is 5.56. The van der Waals surface area contributed by atoms with E-state index >= 15 is 0 Å². The zero-order chi connectivity index (χ0) is 13.1. The predicted molar refractivity (Wildman–Crippen MR) is 75.3 cm³/mol. The average molecular weight is 286 g/mol. The highest BCUT2D eigenvalue weighted by Crippen LogP contribution is 2.14. The summed E-state index contributed by atoms with van der Waals surface area (Å²) in [4.78, 5) is 18.3. The molecule has 0 radical (unpaired) electrons. The van der Waals surface area contributed by atoms with Gasteiger partial charge in [0.25, 0.3) is 5.91 Å². The molecule has 19 heavy (non-hydrogen) atoms. The van der Waals surface area contributed by atoms with Crippen molar-refractivity contribution < 1.29 is 9.53 Å². The lowest BCUT2D eigenvalue weighted by Gasteiger charge is -2.35. The van der Waals surface area contributed by atoms with E-state index in [-0.39, 0.29) is 30.5 Å². The molecule has 0 aromatic carbocycles. The first-order valence-electron chi connectivity index (χ1n) is 6.20. The van der Waals surface area contributed by atoms with Gasteiger partial charge in [-0.15, -0.1) is 12.4 Å². The lowest BCUT2D eigenvalue weighted by Crippen LogP contribution is -2.48. The first-order valence-corrected chi connectivity index (χ1v) is 6.20. The Morgan fingerprint density at radius 3 is 2.68 bits per heavy atom. The maximum Gasteiger partial charge on any atom is 0.254 e. The molecule has 106 valence electrons. The number of ether oxygens (including phenoxy) is 1. The topological polar surface area (TPSA) is 68.5 Å². The van der Waals surface area contributed by atoms with Crippen LogP contribution < -0.4 is 5.73 Å². The van der Waals surface area contributed by atoms with Gasteiger partial charge in [-0.1, -0.05) is 0 Å². The highest BCUT2D eigenvalue weighted by molar-refractivity contribution is 5.94. The Bertz CT molecular complexity index is 432. The van der Waals surface area contributed by atoms with E-state index in [1.807, 2.05) is 18.7 Å². The van der Waals surface area contributed by atoms with Crippen LogP contribution in [0.4, 0.5) is 0 Å². The Hall–Kier alpha value is -1.17. The Morgan fingerprint density at radius 1 is 1.47 bits per heavy atom. The van der Waals surface area contributed by atoms with Crippen molar-refractivity contribution in [1.82, 2.24) is 9.88 Å². The summed E-state index contributed by atoms with van der Waals surface area (Å²) in [5, 5.41) is 0. The van der Waals surface area contributed by atoms with Crippen molar-refractivity contribution in [3.63, 3.8) is 0 Å². The van der Waals surface area contributed by atoms with Crippen molar-refractivity contribution >= 4 is 18.3 Å². The summed E-state index contributed by atoms with van der Waals surface area (Å²) in [6.07, 6.45) is 1.78. The lowest BCUT2D eigenvalue weighted by atomic mass is 10.1. The number of hydrogen-bond donors (Lipinski definition) is 1. The molecule has 2 atom stereocenters. The first-order chi connectivity index (χ1) is 8.60. The Morgan fingerprint density at radius 2 is 2.11 bits per heavy atom. The zero-order valence-corrected chi connectivity index (χ0v) is 12.0. The number of morpholine rings is 1. The van der Waals surface area contributed by atoms with E-state index < -0.39 is 0 Å². The smallest absolute Gasteiger partial charge is 0.254 e. The number of hydrogen-bond acceptors (Lipinski definition) is 4. The predicted octanol–water partition coefficient (Wildman–Crippen LogP) is 1.21. The van der Waals surface area contributed by atoms with Crippen LogP contribution in [0.2, 0.25) is 0 Å². The summed E-state index contributed by atoms with van der Waals surface area (Å²) < 4.78 is 5.62. The molecule has 0 spiro atoms. The second-order valence-electron chi connectivity index (χ2n) is 4.71. The minimum Gasteiger partial charge on any atom is -0.372 e. The molecule has 6 heteroatoms. The van der Waals surface area contributed by atoms with Gasteiger partial charge in [-0.2, -0.15) is 0 Å². The molecule has 1 aromatic heterocycles. The van der Waals surface area contributed by atoms with Crippen LogP contribution in [0.1, 0.15) is 29.9 Å². The standard InChI is InChI=1S/C13H19N3O2.ClH/c1-9-7-16(8-10(2)18-9)13(17)11-3-4-15-12(5-11)6-14;/h3-5,9-10H,6-8,14H2,1-2H3;1H/t9-,10+;. The highest BCUT2D eigenvalue weighted by Gasteiger charge is 2.26. The largest absolute Gasteiger partial charge is 0.372 e. The number of carbonyl (C=O) groups excluding carboxylic acids is 1. The van der Waals surface area contributed by atoms with Crippen molar-refractivity contribution in [3.05, 3.63) is 29.6 Å². The summed E-state index contributed by atoms with van der Waals surface area (Å²) in [5.41, 5.74) is 6.91. The molecule has 0 saturated carbocycles. The fourth-order valence-electron chi connectivity index (χ4n) is 2.25. The number of rotatable bonds is 2. The van der Waals surface area contributed by atoms with E-state index in [4.69, 9.17) is 10.5 Å². The molecular weight excluding hydrogens is 266 g/mol. The zero-order valence-electron chi connectivity index (χ0n) is 11.2. The molecular formula is C13H20ClN3O2. The number of carbonyl (C=O) groups is 1. The SMILES string of the molecule is C[C@@H]1CN(C(=O)c2ccnc(CN)c2)C[C@H](C)O1.Cl. The number of pyridine rings is 1. The second kappa shape index (κ2) is 6.84. The van der Waals surface area contributed by atoms with Gasteiger partial charge < -0.3 is 15.4 Å². The van der Waals surface area contributed by atoms with Crippen molar-refractivity contribution in [2.75, 3.05) is 13.1 Å². The number of nitrogens with two attached hydrogens (primary N) is 1. The summed E-state index contributed by atoms with van der Waals surface area (Å²) >= 11 is 0. The van der Waals surface area contributed by atoms with Crippen LogP contribution in [0.3, 0.4) is 0 Å². The quantitative estimate of drug-likeness (QED) is 0.887. The molecule has 1 aromatic rings. The van der Waals surface area contributed by atoms with Gasteiger partial charge in [-0.05, 0) is 26.0 Å². The summed E-state index contributed by atoms with van der Waals surface area (Å²) in [5.74, 6) is 0.0223. The first kappa shape index (κ1) is 15.9. The normalized spacial score (nSPS) is 22.8. The van der Waals surface area contributed by atoms with Crippen molar-refractivity contribution in [2.45, 2.75) is 32.6 Å². The molecule has 1 amide bonds.